The van der Waals surface area contributed by atoms with Gasteiger partial charge in [-0.1, -0.05) is 0 Å². The van der Waals surface area contributed by atoms with Gasteiger partial charge in [0.1, 0.15) is 0 Å². The maximum Gasteiger partial charge on any atom is 0.0679 e. The highest BCUT2D eigenvalue weighted by atomic mass is 16.3. The minimum atomic E-state index is -0.576. The van der Waals surface area contributed by atoms with Crippen LogP contribution in [-0.2, 0) is 0 Å². The summed E-state index contributed by atoms with van der Waals surface area (Å²) < 4.78 is 0. The van der Waals surface area contributed by atoms with Crippen LogP contribution >= 0.6 is 0 Å². The Kier molecular flexibility index (Phi) is 3.09. The number of hydrogen-bond acceptors (Lipinski definition) is 3. The first-order valence-corrected chi connectivity index (χ1v) is 4.60. The summed E-state index contributed by atoms with van der Waals surface area (Å²) in [6.07, 6.45) is 1.51. The molecule has 0 aliphatic carbocycles. The van der Waals surface area contributed by atoms with E-state index < -0.39 is 5.60 Å². The topological polar surface area (TPSA) is 43.7 Å². The number of nitrogens with zero attached hydrogens (tertiary/aromatic N) is 1. The van der Waals surface area contributed by atoms with E-state index in [0.717, 1.165) is 32.5 Å². The summed E-state index contributed by atoms with van der Waals surface area (Å²) in [5, 5.41) is 18.7. The first-order chi connectivity index (χ1) is 5.47. The molecule has 0 aromatic carbocycles. The van der Waals surface area contributed by atoms with Crippen LogP contribution < -0.4 is 0 Å². The van der Waals surface area contributed by atoms with Gasteiger partial charge in [-0.15, -0.1) is 0 Å². The summed E-state index contributed by atoms with van der Waals surface area (Å²) in [6.45, 7) is 6.27. The molecule has 0 saturated carbocycles. The van der Waals surface area contributed by atoms with Crippen molar-refractivity contribution < 1.29 is 10.2 Å². The largest absolute Gasteiger partial charge is 0.392 e. The Hall–Kier alpha value is -0.120. The lowest BCUT2D eigenvalue weighted by atomic mass is 10.1. The Labute approximate surface area is 74.0 Å². The molecule has 1 rings (SSSR count). The number of aliphatic hydroxyl groups excluding tert-OH is 1. The molecule has 0 unspecified atom stereocenters. The molecule has 3 nitrogen and oxygen atoms in total. The minimum absolute atomic E-state index is 0.146. The Morgan fingerprint density at radius 2 is 2.17 bits per heavy atom. The van der Waals surface area contributed by atoms with Crippen LogP contribution in [0, 0.1) is 0 Å². The minimum Gasteiger partial charge on any atom is -0.392 e. The van der Waals surface area contributed by atoms with Crippen LogP contribution in [0.15, 0.2) is 0 Å². The molecule has 1 aliphatic heterocycles. The Morgan fingerprint density at radius 3 is 2.58 bits per heavy atom. The number of β-amino-alcohol motifs (C(OH)–C–C–N with tert-alkyl or cyclic N) is 1. The van der Waals surface area contributed by atoms with Gasteiger partial charge in [0.15, 0.2) is 0 Å². The number of rotatable bonds is 3. The summed E-state index contributed by atoms with van der Waals surface area (Å²) in [6, 6.07) is 0. The maximum atomic E-state index is 9.45. The molecule has 3 heteroatoms. The van der Waals surface area contributed by atoms with Gasteiger partial charge in [-0.25, -0.2) is 0 Å². The van der Waals surface area contributed by atoms with Crippen molar-refractivity contribution in [3.8, 4) is 0 Å². The fourth-order valence-corrected chi connectivity index (χ4v) is 1.45. The highest BCUT2D eigenvalue weighted by molar-refractivity contribution is 4.76. The zero-order valence-corrected chi connectivity index (χ0v) is 7.95. The van der Waals surface area contributed by atoms with Crippen molar-refractivity contribution in [3.05, 3.63) is 0 Å². The van der Waals surface area contributed by atoms with Crippen LogP contribution in [0.1, 0.15) is 26.7 Å². The first-order valence-electron chi connectivity index (χ1n) is 4.60. The van der Waals surface area contributed by atoms with Crippen LogP contribution in [0.4, 0.5) is 0 Å². The van der Waals surface area contributed by atoms with Gasteiger partial charge < -0.3 is 15.1 Å². The van der Waals surface area contributed by atoms with Crippen molar-refractivity contribution in [2.75, 3.05) is 19.6 Å². The van der Waals surface area contributed by atoms with E-state index in [1.807, 2.05) is 13.8 Å². The number of likely N-dealkylation sites (tertiary alicyclic amines) is 1. The third-order valence-corrected chi connectivity index (χ3v) is 2.29. The molecule has 0 spiro atoms. The van der Waals surface area contributed by atoms with Crippen LogP contribution in [0.5, 0.6) is 0 Å². The summed E-state index contributed by atoms with van der Waals surface area (Å²) >= 11 is 0. The third kappa shape index (κ3) is 3.52. The monoisotopic (exact) mass is 173 g/mol. The molecule has 0 aromatic rings. The Morgan fingerprint density at radius 1 is 1.50 bits per heavy atom. The zero-order chi connectivity index (χ0) is 9.19. The molecule has 1 saturated heterocycles. The zero-order valence-electron chi connectivity index (χ0n) is 7.95. The highest BCUT2D eigenvalue weighted by Crippen LogP contribution is 2.13. The molecule has 1 fully saturated rings. The van der Waals surface area contributed by atoms with Gasteiger partial charge >= 0.3 is 0 Å². The van der Waals surface area contributed by atoms with E-state index in [0.29, 0.717) is 0 Å². The van der Waals surface area contributed by atoms with Gasteiger partial charge in [-0.3, -0.25) is 0 Å². The van der Waals surface area contributed by atoms with Gasteiger partial charge in [-0.2, -0.15) is 0 Å². The SMILES string of the molecule is CC(C)(O)CCN1CC[C@@H](O)C1. The van der Waals surface area contributed by atoms with Gasteiger partial charge in [0.2, 0.25) is 0 Å². The van der Waals surface area contributed by atoms with E-state index in [2.05, 4.69) is 4.90 Å². The Bertz CT molecular complexity index is 142. The fraction of sp³-hybridized carbons (Fsp3) is 1.00. The second kappa shape index (κ2) is 3.73. The fourth-order valence-electron chi connectivity index (χ4n) is 1.45. The number of hydrogen-bond donors (Lipinski definition) is 2. The standard InChI is InChI=1S/C9H19NO2/c1-9(2,12)4-6-10-5-3-8(11)7-10/h8,11-12H,3-7H2,1-2H3/t8-/m1/s1. The molecule has 2 N–H and O–H groups in total. The molecule has 1 aliphatic rings. The van der Waals surface area contributed by atoms with Crippen molar-refractivity contribution in [2.24, 2.45) is 0 Å². The maximum absolute atomic E-state index is 9.45. The van der Waals surface area contributed by atoms with Crippen molar-refractivity contribution in [2.45, 2.75) is 38.4 Å². The van der Waals surface area contributed by atoms with Gasteiger partial charge in [0.25, 0.3) is 0 Å². The summed E-state index contributed by atoms with van der Waals surface area (Å²) in [5.74, 6) is 0. The second-order valence-corrected chi connectivity index (χ2v) is 4.31. The van der Waals surface area contributed by atoms with E-state index in [9.17, 15) is 10.2 Å². The van der Waals surface area contributed by atoms with E-state index in [1.165, 1.54) is 0 Å². The van der Waals surface area contributed by atoms with Crippen molar-refractivity contribution >= 4 is 0 Å². The predicted octanol–water partition coefficient (Wildman–Crippen LogP) is 0.214. The summed E-state index contributed by atoms with van der Waals surface area (Å²) in [7, 11) is 0. The van der Waals surface area contributed by atoms with Crippen molar-refractivity contribution in [3.63, 3.8) is 0 Å². The molecular formula is C9H19NO2. The highest BCUT2D eigenvalue weighted by Gasteiger charge is 2.22. The van der Waals surface area contributed by atoms with Crippen LogP contribution in [0.25, 0.3) is 0 Å². The summed E-state index contributed by atoms with van der Waals surface area (Å²) in [4.78, 5) is 2.20. The quantitative estimate of drug-likeness (QED) is 0.641. The van der Waals surface area contributed by atoms with Crippen LogP contribution in [0.3, 0.4) is 0 Å². The normalized spacial score (nSPS) is 26.5. The van der Waals surface area contributed by atoms with Crippen molar-refractivity contribution in [1.82, 2.24) is 4.90 Å². The molecule has 1 atom stereocenters. The van der Waals surface area contributed by atoms with E-state index in [4.69, 9.17) is 0 Å². The van der Waals surface area contributed by atoms with Crippen LogP contribution in [0.2, 0.25) is 0 Å². The van der Waals surface area contributed by atoms with Gasteiger partial charge in [0, 0.05) is 19.6 Å². The first kappa shape index (κ1) is 9.96. The van der Waals surface area contributed by atoms with E-state index >= 15 is 0 Å². The second-order valence-electron chi connectivity index (χ2n) is 4.31. The molecular weight excluding hydrogens is 154 g/mol. The molecule has 72 valence electrons. The lowest BCUT2D eigenvalue weighted by molar-refractivity contribution is 0.0586. The lowest BCUT2D eigenvalue weighted by Gasteiger charge is -2.21. The average molecular weight is 173 g/mol. The molecule has 0 radical (unpaired) electrons. The van der Waals surface area contributed by atoms with Crippen molar-refractivity contribution in [1.29, 1.82) is 0 Å². The molecule has 1 heterocycles. The molecule has 0 bridgehead atoms. The average Bonchev–Trinajstić information content (AvgIpc) is 2.30. The van der Waals surface area contributed by atoms with Gasteiger partial charge in [0.05, 0.1) is 11.7 Å². The molecule has 12 heavy (non-hydrogen) atoms. The van der Waals surface area contributed by atoms with Gasteiger partial charge in [-0.05, 0) is 26.7 Å². The molecule has 0 amide bonds. The third-order valence-electron chi connectivity index (χ3n) is 2.29. The molecule has 0 aromatic heterocycles. The number of aliphatic hydroxyl groups is 2. The van der Waals surface area contributed by atoms with E-state index in [1.54, 1.807) is 0 Å². The lowest BCUT2D eigenvalue weighted by Crippen LogP contribution is -2.30. The van der Waals surface area contributed by atoms with Crippen LogP contribution in [-0.4, -0.2) is 46.5 Å². The smallest absolute Gasteiger partial charge is 0.0679 e. The predicted molar refractivity (Wildman–Crippen MR) is 48.0 cm³/mol. The Balaban J connectivity index is 2.16. The summed E-state index contributed by atoms with van der Waals surface area (Å²) in [5.41, 5.74) is -0.576. The van der Waals surface area contributed by atoms with E-state index in [-0.39, 0.29) is 6.10 Å².